The number of methoxy groups -OCH3 is 1. The van der Waals surface area contributed by atoms with E-state index in [0.717, 1.165) is 6.07 Å². The molecule has 2 N–H and O–H groups in total. The van der Waals surface area contributed by atoms with Crippen LogP contribution in [-0.2, 0) is 0 Å². The summed E-state index contributed by atoms with van der Waals surface area (Å²) in [7, 11) is 1.55. The van der Waals surface area contributed by atoms with E-state index in [9.17, 15) is 14.0 Å². The summed E-state index contributed by atoms with van der Waals surface area (Å²) in [6.07, 6.45) is 0. The van der Waals surface area contributed by atoms with Gasteiger partial charge in [-0.25, -0.2) is 9.07 Å². The number of aryl methyl sites for hydroxylation is 1. The number of amides is 1. The van der Waals surface area contributed by atoms with E-state index in [1.54, 1.807) is 38.3 Å². The van der Waals surface area contributed by atoms with Crippen LogP contribution in [0.25, 0.3) is 5.69 Å². The highest BCUT2D eigenvalue weighted by Crippen LogP contribution is 2.20. The molecule has 26 heavy (non-hydrogen) atoms. The summed E-state index contributed by atoms with van der Waals surface area (Å²) in [6, 6.07) is 10.6. The smallest absolute Gasteiger partial charge is 0.284 e. The topological polar surface area (TPSA) is 76.1 Å². The highest BCUT2D eigenvalue weighted by atomic mass is 35.5. The third-order valence-corrected chi connectivity index (χ3v) is 4.10. The van der Waals surface area contributed by atoms with E-state index in [0.29, 0.717) is 17.1 Å². The first-order valence-electron chi connectivity index (χ1n) is 7.63. The summed E-state index contributed by atoms with van der Waals surface area (Å²) in [6.45, 7) is 1.62. The zero-order valence-electron chi connectivity index (χ0n) is 14.0. The predicted octanol–water partition coefficient (Wildman–Crippen LogP) is 3.53. The molecule has 3 rings (SSSR count). The van der Waals surface area contributed by atoms with Gasteiger partial charge in [-0.1, -0.05) is 11.6 Å². The second-order valence-corrected chi connectivity index (χ2v) is 5.94. The highest BCUT2D eigenvalue weighted by Gasteiger charge is 2.20. The standard InChI is InChI=1S/C18H15ClFN3O3/c1-10-16(17(24)21-11-3-8-15(20)14(19)9-11)18(25)23(22-10)12-4-6-13(26-2)7-5-12/h3-9,22H,1-2H3,(H,21,24). The first kappa shape index (κ1) is 17.8. The van der Waals surface area contributed by atoms with Crippen molar-refractivity contribution in [2.75, 3.05) is 12.4 Å². The molecule has 2 aromatic carbocycles. The molecule has 8 heteroatoms. The van der Waals surface area contributed by atoms with Gasteiger partial charge in [-0.3, -0.25) is 14.7 Å². The van der Waals surface area contributed by atoms with E-state index >= 15 is 0 Å². The molecule has 3 aromatic rings. The number of H-pyrrole nitrogens is 1. The lowest BCUT2D eigenvalue weighted by Crippen LogP contribution is -2.24. The molecule has 1 amide bonds. The number of nitrogens with zero attached hydrogens (tertiary/aromatic N) is 1. The lowest BCUT2D eigenvalue weighted by atomic mass is 10.2. The van der Waals surface area contributed by atoms with Crippen molar-refractivity contribution in [1.29, 1.82) is 0 Å². The summed E-state index contributed by atoms with van der Waals surface area (Å²) in [5, 5.41) is 5.30. The predicted molar refractivity (Wildman–Crippen MR) is 97.0 cm³/mol. The maximum atomic E-state index is 13.2. The number of benzene rings is 2. The van der Waals surface area contributed by atoms with Gasteiger partial charge in [0.1, 0.15) is 17.1 Å². The van der Waals surface area contributed by atoms with Gasteiger partial charge in [0, 0.05) is 11.4 Å². The van der Waals surface area contributed by atoms with Crippen LogP contribution in [0.1, 0.15) is 16.1 Å². The fourth-order valence-corrected chi connectivity index (χ4v) is 2.68. The normalized spacial score (nSPS) is 10.6. The molecule has 134 valence electrons. The Morgan fingerprint density at radius 3 is 2.54 bits per heavy atom. The van der Waals surface area contributed by atoms with Crippen LogP contribution < -0.4 is 15.6 Å². The van der Waals surface area contributed by atoms with Gasteiger partial charge in [-0.2, -0.15) is 0 Å². The minimum atomic E-state index is -0.612. The number of rotatable bonds is 4. The number of aromatic amines is 1. The first-order valence-corrected chi connectivity index (χ1v) is 8.01. The van der Waals surface area contributed by atoms with Crippen molar-refractivity contribution in [1.82, 2.24) is 9.78 Å². The van der Waals surface area contributed by atoms with Crippen LogP contribution in [0, 0.1) is 12.7 Å². The molecule has 0 bridgehead atoms. The molecule has 0 saturated carbocycles. The molecule has 0 aliphatic rings. The fourth-order valence-electron chi connectivity index (χ4n) is 2.49. The van der Waals surface area contributed by atoms with E-state index in [1.807, 2.05) is 0 Å². The molecule has 0 aliphatic heterocycles. The van der Waals surface area contributed by atoms with Crippen LogP contribution in [0.2, 0.25) is 5.02 Å². The average Bonchev–Trinajstić information content (AvgIpc) is 2.92. The number of carbonyl (C=O) groups is 1. The number of nitrogens with one attached hydrogen (secondary N) is 2. The van der Waals surface area contributed by atoms with E-state index < -0.39 is 17.3 Å². The van der Waals surface area contributed by atoms with Gasteiger partial charge in [-0.15, -0.1) is 0 Å². The summed E-state index contributed by atoms with van der Waals surface area (Å²) >= 11 is 5.71. The monoisotopic (exact) mass is 375 g/mol. The Labute approximate surface area is 153 Å². The van der Waals surface area contributed by atoms with E-state index in [-0.39, 0.29) is 16.3 Å². The summed E-state index contributed by atoms with van der Waals surface area (Å²) < 4.78 is 19.6. The van der Waals surface area contributed by atoms with Crippen LogP contribution in [0.5, 0.6) is 5.75 Å². The second kappa shape index (κ2) is 7.05. The average molecular weight is 376 g/mol. The molecule has 0 saturated heterocycles. The van der Waals surface area contributed by atoms with Gasteiger partial charge >= 0.3 is 0 Å². The number of anilines is 1. The molecular formula is C18H15ClFN3O3. The maximum absolute atomic E-state index is 13.2. The summed E-state index contributed by atoms with van der Waals surface area (Å²) in [5.41, 5.74) is 0.705. The van der Waals surface area contributed by atoms with Gasteiger partial charge < -0.3 is 10.1 Å². The molecule has 0 radical (unpaired) electrons. The number of carbonyl (C=O) groups excluding carboxylic acids is 1. The molecular weight excluding hydrogens is 361 g/mol. The van der Waals surface area contributed by atoms with Crippen molar-refractivity contribution in [3.05, 3.63) is 74.9 Å². The summed E-state index contributed by atoms with van der Waals surface area (Å²) in [5.74, 6) is -0.556. The lowest BCUT2D eigenvalue weighted by molar-refractivity contribution is 0.102. The Bertz CT molecular complexity index is 1030. The Hall–Kier alpha value is -3.06. The number of ether oxygens (including phenoxy) is 1. The molecule has 1 heterocycles. The lowest BCUT2D eigenvalue weighted by Gasteiger charge is -2.05. The minimum Gasteiger partial charge on any atom is -0.497 e. The molecule has 0 spiro atoms. The molecule has 0 fully saturated rings. The molecule has 0 aliphatic carbocycles. The Morgan fingerprint density at radius 2 is 1.92 bits per heavy atom. The van der Waals surface area contributed by atoms with Crippen LogP contribution in [0.4, 0.5) is 10.1 Å². The Morgan fingerprint density at radius 1 is 1.23 bits per heavy atom. The SMILES string of the molecule is COc1ccc(-n2[nH]c(C)c(C(=O)Nc3ccc(F)c(Cl)c3)c2=O)cc1. The number of hydrogen-bond donors (Lipinski definition) is 2. The van der Waals surface area contributed by atoms with Crippen molar-refractivity contribution in [2.45, 2.75) is 6.92 Å². The Kier molecular flexibility index (Phi) is 4.81. The molecule has 0 atom stereocenters. The molecule has 1 aromatic heterocycles. The van der Waals surface area contributed by atoms with Crippen molar-refractivity contribution in [2.24, 2.45) is 0 Å². The quantitative estimate of drug-likeness (QED) is 0.732. The van der Waals surface area contributed by atoms with Crippen LogP contribution >= 0.6 is 11.6 Å². The van der Waals surface area contributed by atoms with Crippen molar-refractivity contribution in [3.8, 4) is 11.4 Å². The Balaban J connectivity index is 1.92. The van der Waals surface area contributed by atoms with Gasteiger partial charge in [0.05, 0.1) is 17.8 Å². The van der Waals surface area contributed by atoms with E-state index in [4.69, 9.17) is 16.3 Å². The third-order valence-electron chi connectivity index (χ3n) is 3.81. The maximum Gasteiger partial charge on any atom is 0.284 e. The number of hydrogen-bond acceptors (Lipinski definition) is 3. The van der Waals surface area contributed by atoms with Gasteiger partial charge in [0.25, 0.3) is 11.5 Å². The van der Waals surface area contributed by atoms with Crippen molar-refractivity contribution in [3.63, 3.8) is 0 Å². The largest absolute Gasteiger partial charge is 0.497 e. The second-order valence-electron chi connectivity index (χ2n) is 5.53. The highest BCUT2D eigenvalue weighted by molar-refractivity contribution is 6.31. The van der Waals surface area contributed by atoms with Gasteiger partial charge in [0.15, 0.2) is 0 Å². The molecule has 0 unspecified atom stereocenters. The molecule has 6 nitrogen and oxygen atoms in total. The van der Waals surface area contributed by atoms with E-state index in [2.05, 4.69) is 10.4 Å². The summed E-state index contributed by atoms with van der Waals surface area (Å²) in [4.78, 5) is 25.1. The number of halogens is 2. The van der Waals surface area contributed by atoms with Crippen molar-refractivity contribution < 1.29 is 13.9 Å². The minimum absolute atomic E-state index is 0.0405. The zero-order chi connectivity index (χ0) is 18.8. The van der Waals surface area contributed by atoms with Crippen LogP contribution in [0.3, 0.4) is 0 Å². The van der Waals surface area contributed by atoms with Crippen LogP contribution in [-0.4, -0.2) is 22.8 Å². The zero-order valence-corrected chi connectivity index (χ0v) is 14.7. The van der Waals surface area contributed by atoms with Gasteiger partial charge in [-0.05, 0) is 49.4 Å². The number of aromatic nitrogens is 2. The van der Waals surface area contributed by atoms with Crippen LogP contribution in [0.15, 0.2) is 47.3 Å². The fraction of sp³-hybridized carbons (Fsp3) is 0.111. The third kappa shape index (κ3) is 3.34. The van der Waals surface area contributed by atoms with Crippen molar-refractivity contribution >= 4 is 23.2 Å². The van der Waals surface area contributed by atoms with Gasteiger partial charge in [0.2, 0.25) is 0 Å². The van der Waals surface area contributed by atoms with E-state index in [1.165, 1.54) is 16.8 Å². The first-order chi connectivity index (χ1) is 12.4.